The molecule has 0 aromatic carbocycles. The van der Waals surface area contributed by atoms with Crippen molar-refractivity contribution in [3.05, 3.63) is 20.2 Å². The summed E-state index contributed by atoms with van der Waals surface area (Å²) in [4.78, 5) is 12.8. The van der Waals surface area contributed by atoms with E-state index in [0.717, 1.165) is 19.4 Å². The van der Waals surface area contributed by atoms with Crippen molar-refractivity contribution in [2.75, 3.05) is 0 Å². The van der Waals surface area contributed by atoms with Gasteiger partial charge >= 0.3 is 4.87 Å². The molecule has 0 aliphatic carbocycles. The summed E-state index contributed by atoms with van der Waals surface area (Å²) in [5, 5.41) is 0. The fraction of sp³-hybridized carbons (Fsp3) is 0.667. The SMILES string of the molecule is CCc1sc(=O)n(CC)c1CC. The van der Waals surface area contributed by atoms with Crippen molar-refractivity contribution in [2.45, 2.75) is 40.2 Å². The molecule has 12 heavy (non-hydrogen) atoms. The van der Waals surface area contributed by atoms with Crippen LogP contribution in [-0.4, -0.2) is 4.57 Å². The summed E-state index contributed by atoms with van der Waals surface area (Å²) in [5.74, 6) is 0. The summed E-state index contributed by atoms with van der Waals surface area (Å²) >= 11 is 1.40. The number of nitrogens with zero attached hydrogens (tertiary/aromatic N) is 1. The molecule has 0 aliphatic rings. The van der Waals surface area contributed by atoms with Crippen LogP contribution in [0.1, 0.15) is 31.3 Å². The standard InChI is InChI=1S/C9H15NOS/c1-4-7-8(5-2)12-9(11)10(7)6-3/h4-6H2,1-3H3. The second kappa shape index (κ2) is 3.90. The molecule has 1 heterocycles. The van der Waals surface area contributed by atoms with E-state index in [4.69, 9.17) is 0 Å². The van der Waals surface area contributed by atoms with Crippen LogP contribution >= 0.6 is 11.3 Å². The lowest BCUT2D eigenvalue weighted by molar-refractivity contribution is 0.696. The second-order valence-corrected chi connectivity index (χ2v) is 3.74. The highest BCUT2D eigenvalue weighted by atomic mass is 32.1. The molecular formula is C9H15NOS. The first kappa shape index (κ1) is 9.52. The Kier molecular flexibility index (Phi) is 3.09. The van der Waals surface area contributed by atoms with Gasteiger partial charge in [0.1, 0.15) is 0 Å². The number of aromatic nitrogens is 1. The van der Waals surface area contributed by atoms with Gasteiger partial charge in [-0.3, -0.25) is 4.79 Å². The van der Waals surface area contributed by atoms with E-state index in [1.165, 1.54) is 21.9 Å². The normalized spacial score (nSPS) is 10.6. The Morgan fingerprint density at radius 1 is 1.25 bits per heavy atom. The van der Waals surface area contributed by atoms with Gasteiger partial charge in [0.15, 0.2) is 0 Å². The van der Waals surface area contributed by atoms with E-state index in [-0.39, 0.29) is 4.87 Å². The topological polar surface area (TPSA) is 22.0 Å². The summed E-state index contributed by atoms with van der Waals surface area (Å²) in [6.45, 7) is 7.03. The lowest BCUT2D eigenvalue weighted by Gasteiger charge is -2.02. The van der Waals surface area contributed by atoms with Gasteiger partial charge in [-0.25, -0.2) is 0 Å². The molecule has 0 fully saturated rings. The van der Waals surface area contributed by atoms with Gasteiger partial charge in [-0.2, -0.15) is 0 Å². The molecule has 1 aromatic rings. The third-order valence-electron chi connectivity index (χ3n) is 2.05. The number of hydrogen-bond donors (Lipinski definition) is 0. The van der Waals surface area contributed by atoms with Crippen molar-refractivity contribution in [3.63, 3.8) is 0 Å². The quantitative estimate of drug-likeness (QED) is 0.706. The molecule has 0 saturated carbocycles. The Morgan fingerprint density at radius 3 is 2.33 bits per heavy atom. The summed E-state index contributed by atoms with van der Waals surface area (Å²) in [7, 11) is 0. The first-order valence-corrected chi connectivity index (χ1v) is 5.27. The van der Waals surface area contributed by atoms with Crippen molar-refractivity contribution < 1.29 is 0 Å². The van der Waals surface area contributed by atoms with Gasteiger partial charge in [0, 0.05) is 17.1 Å². The smallest absolute Gasteiger partial charge is 0.303 e. The molecule has 0 spiro atoms. The van der Waals surface area contributed by atoms with Gasteiger partial charge in [0.25, 0.3) is 0 Å². The van der Waals surface area contributed by atoms with E-state index in [9.17, 15) is 4.79 Å². The molecule has 0 unspecified atom stereocenters. The van der Waals surface area contributed by atoms with E-state index >= 15 is 0 Å². The Hall–Kier alpha value is -0.570. The number of rotatable bonds is 3. The van der Waals surface area contributed by atoms with Crippen molar-refractivity contribution in [3.8, 4) is 0 Å². The predicted octanol–water partition coefficient (Wildman–Crippen LogP) is 2.05. The maximum Gasteiger partial charge on any atom is 0.307 e. The molecule has 68 valence electrons. The van der Waals surface area contributed by atoms with E-state index < -0.39 is 0 Å². The maximum absolute atomic E-state index is 11.4. The Bertz CT molecular complexity index is 311. The largest absolute Gasteiger partial charge is 0.307 e. The fourth-order valence-electron chi connectivity index (χ4n) is 1.46. The third-order valence-corrected chi connectivity index (χ3v) is 3.22. The zero-order valence-corrected chi connectivity index (χ0v) is 8.70. The monoisotopic (exact) mass is 185 g/mol. The highest BCUT2D eigenvalue weighted by molar-refractivity contribution is 7.09. The zero-order valence-electron chi connectivity index (χ0n) is 7.89. The molecule has 0 N–H and O–H groups in total. The lowest BCUT2D eigenvalue weighted by atomic mass is 10.2. The zero-order chi connectivity index (χ0) is 9.14. The Morgan fingerprint density at radius 2 is 1.92 bits per heavy atom. The molecule has 1 rings (SSSR count). The van der Waals surface area contributed by atoms with Crippen LogP contribution in [-0.2, 0) is 19.4 Å². The van der Waals surface area contributed by atoms with Crippen molar-refractivity contribution in [2.24, 2.45) is 0 Å². The molecule has 2 nitrogen and oxygen atoms in total. The molecule has 0 saturated heterocycles. The number of thiazole rings is 1. The van der Waals surface area contributed by atoms with E-state index in [1.54, 1.807) is 0 Å². The van der Waals surface area contributed by atoms with Gasteiger partial charge in [-0.1, -0.05) is 25.2 Å². The predicted molar refractivity (Wildman–Crippen MR) is 53.0 cm³/mol. The van der Waals surface area contributed by atoms with Gasteiger partial charge in [-0.15, -0.1) is 0 Å². The first-order valence-electron chi connectivity index (χ1n) is 4.45. The number of hydrogen-bond acceptors (Lipinski definition) is 2. The van der Waals surface area contributed by atoms with Crippen LogP contribution in [0.15, 0.2) is 4.79 Å². The summed E-state index contributed by atoms with van der Waals surface area (Å²) in [6.07, 6.45) is 1.95. The molecule has 0 bridgehead atoms. The van der Waals surface area contributed by atoms with Gasteiger partial charge < -0.3 is 4.57 Å². The summed E-state index contributed by atoms with van der Waals surface area (Å²) in [6, 6.07) is 0. The molecule has 1 aromatic heterocycles. The summed E-state index contributed by atoms with van der Waals surface area (Å²) < 4.78 is 1.88. The van der Waals surface area contributed by atoms with Crippen LogP contribution in [0.5, 0.6) is 0 Å². The van der Waals surface area contributed by atoms with Crippen LogP contribution in [0, 0.1) is 0 Å². The van der Waals surface area contributed by atoms with Crippen LogP contribution in [0.25, 0.3) is 0 Å². The fourth-order valence-corrected chi connectivity index (χ4v) is 2.54. The van der Waals surface area contributed by atoms with Crippen molar-refractivity contribution in [1.82, 2.24) is 4.57 Å². The minimum Gasteiger partial charge on any atom is -0.303 e. The van der Waals surface area contributed by atoms with E-state index in [2.05, 4.69) is 13.8 Å². The minimum absolute atomic E-state index is 0.200. The van der Waals surface area contributed by atoms with E-state index in [1.807, 2.05) is 11.5 Å². The van der Waals surface area contributed by atoms with Gasteiger partial charge in [0.05, 0.1) is 0 Å². The van der Waals surface area contributed by atoms with Crippen LogP contribution in [0.3, 0.4) is 0 Å². The third kappa shape index (κ3) is 1.46. The average molecular weight is 185 g/mol. The summed E-state index contributed by atoms with van der Waals surface area (Å²) in [5.41, 5.74) is 1.23. The Labute approximate surface area is 76.9 Å². The highest BCUT2D eigenvalue weighted by Crippen LogP contribution is 2.13. The minimum atomic E-state index is 0.200. The lowest BCUT2D eigenvalue weighted by Crippen LogP contribution is -2.14. The van der Waals surface area contributed by atoms with Crippen LogP contribution in [0.4, 0.5) is 0 Å². The maximum atomic E-state index is 11.4. The molecular weight excluding hydrogens is 170 g/mol. The molecule has 0 amide bonds. The van der Waals surface area contributed by atoms with Gasteiger partial charge in [0.2, 0.25) is 0 Å². The van der Waals surface area contributed by atoms with Crippen LogP contribution in [0.2, 0.25) is 0 Å². The Balaban J connectivity index is 3.25. The molecule has 0 atom stereocenters. The molecule has 0 radical (unpaired) electrons. The highest BCUT2D eigenvalue weighted by Gasteiger charge is 2.09. The first-order chi connectivity index (χ1) is 5.74. The number of aryl methyl sites for hydroxylation is 1. The average Bonchev–Trinajstić information content (AvgIpc) is 2.40. The molecule has 3 heteroatoms. The van der Waals surface area contributed by atoms with Crippen LogP contribution < -0.4 is 4.87 Å². The van der Waals surface area contributed by atoms with Gasteiger partial charge in [-0.05, 0) is 19.8 Å². The molecule has 0 aliphatic heterocycles. The van der Waals surface area contributed by atoms with Crippen molar-refractivity contribution in [1.29, 1.82) is 0 Å². The van der Waals surface area contributed by atoms with Crippen molar-refractivity contribution >= 4 is 11.3 Å². The van der Waals surface area contributed by atoms with E-state index in [0.29, 0.717) is 0 Å². The second-order valence-electron chi connectivity index (χ2n) is 2.69.